The highest BCUT2D eigenvalue weighted by atomic mass is 35.5. The van der Waals surface area contributed by atoms with Crippen molar-refractivity contribution in [2.75, 3.05) is 6.54 Å². The Morgan fingerprint density at radius 3 is 2.73 bits per heavy atom. The first-order valence-electron chi connectivity index (χ1n) is 4.35. The highest BCUT2D eigenvalue weighted by molar-refractivity contribution is 7.89. The molecule has 15 heavy (non-hydrogen) atoms. The summed E-state index contributed by atoms with van der Waals surface area (Å²) in [6.45, 7) is 2.20. The normalized spacial score (nSPS) is 11.6. The lowest BCUT2D eigenvalue weighted by Crippen LogP contribution is -2.25. The highest BCUT2D eigenvalue weighted by Gasteiger charge is 2.14. The van der Waals surface area contributed by atoms with E-state index < -0.39 is 15.6 Å². The van der Waals surface area contributed by atoms with Gasteiger partial charge in [0.2, 0.25) is 10.0 Å². The number of H-pyrrole nitrogens is 1. The van der Waals surface area contributed by atoms with Crippen molar-refractivity contribution >= 4 is 21.6 Å². The summed E-state index contributed by atoms with van der Waals surface area (Å²) in [6.07, 6.45) is 1.81. The molecule has 0 unspecified atom stereocenters. The van der Waals surface area contributed by atoms with Crippen molar-refractivity contribution in [1.29, 1.82) is 0 Å². The zero-order chi connectivity index (χ0) is 11.5. The van der Waals surface area contributed by atoms with Gasteiger partial charge in [0.1, 0.15) is 5.02 Å². The van der Waals surface area contributed by atoms with Gasteiger partial charge in [-0.2, -0.15) is 0 Å². The molecular formula is C8H11ClN2O3S. The van der Waals surface area contributed by atoms with E-state index in [1.807, 2.05) is 6.92 Å². The molecule has 0 saturated heterocycles. The van der Waals surface area contributed by atoms with Crippen LogP contribution in [-0.2, 0) is 10.0 Å². The van der Waals surface area contributed by atoms with Crippen LogP contribution in [0.3, 0.4) is 0 Å². The second-order valence-corrected chi connectivity index (χ2v) is 5.08. The van der Waals surface area contributed by atoms with Gasteiger partial charge in [0.25, 0.3) is 5.56 Å². The first kappa shape index (κ1) is 12.2. The summed E-state index contributed by atoms with van der Waals surface area (Å²) in [4.78, 5) is 13.1. The molecule has 7 heteroatoms. The quantitative estimate of drug-likeness (QED) is 0.826. The van der Waals surface area contributed by atoms with Gasteiger partial charge in [-0.1, -0.05) is 18.5 Å². The molecule has 0 aliphatic heterocycles. The fourth-order valence-electron chi connectivity index (χ4n) is 0.913. The maximum atomic E-state index is 11.6. The molecule has 1 aromatic rings. The third kappa shape index (κ3) is 3.05. The molecule has 0 amide bonds. The molecule has 0 fully saturated rings. The number of hydrogen-bond acceptors (Lipinski definition) is 3. The summed E-state index contributed by atoms with van der Waals surface area (Å²) in [5.74, 6) is 0. The first-order valence-corrected chi connectivity index (χ1v) is 6.21. The van der Waals surface area contributed by atoms with Gasteiger partial charge in [0.05, 0.1) is 4.90 Å². The molecule has 5 nitrogen and oxygen atoms in total. The minimum Gasteiger partial charge on any atom is -0.326 e. The number of hydrogen-bond donors (Lipinski definition) is 2. The summed E-state index contributed by atoms with van der Waals surface area (Å²) in [6, 6.07) is 1.12. The van der Waals surface area contributed by atoms with Crippen LogP contribution in [0.25, 0.3) is 0 Å². The molecule has 0 aromatic carbocycles. The van der Waals surface area contributed by atoms with Crippen molar-refractivity contribution in [2.45, 2.75) is 18.2 Å². The summed E-state index contributed by atoms with van der Waals surface area (Å²) in [5, 5.41) is -0.144. The van der Waals surface area contributed by atoms with E-state index in [-0.39, 0.29) is 9.92 Å². The Labute approximate surface area is 92.5 Å². The van der Waals surface area contributed by atoms with Gasteiger partial charge in [-0.05, 0) is 12.5 Å². The van der Waals surface area contributed by atoms with E-state index in [0.717, 1.165) is 12.3 Å². The van der Waals surface area contributed by atoms with Gasteiger partial charge in [-0.3, -0.25) is 4.79 Å². The van der Waals surface area contributed by atoms with Gasteiger partial charge >= 0.3 is 0 Å². The number of aromatic nitrogens is 1. The summed E-state index contributed by atoms with van der Waals surface area (Å²) in [5.41, 5.74) is -0.508. The standard InChI is InChI=1S/C8H11ClN2O3S/c1-2-3-11-15(13,14)6-4-7(9)8(12)10-5-6/h4-5,11H,2-3H2,1H3,(H,10,12). The summed E-state index contributed by atoms with van der Waals surface area (Å²) in [7, 11) is -3.57. The van der Waals surface area contributed by atoms with Crippen LogP contribution >= 0.6 is 11.6 Å². The van der Waals surface area contributed by atoms with E-state index in [1.165, 1.54) is 0 Å². The minimum atomic E-state index is -3.57. The number of aromatic amines is 1. The van der Waals surface area contributed by atoms with E-state index in [9.17, 15) is 13.2 Å². The third-order valence-electron chi connectivity index (χ3n) is 1.68. The van der Waals surface area contributed by atoms with E-state index in [1.54, 1.807) is 0 Å². The van der Waals surface area contributed by atoms with Gasteiger partial charge in [0.15, 0.2) is 0 Å². The second-order valence-electron chi connectivity index (χ2n) is 2.91. The van der Waals surface area contributed by atoms with E-state index in [4.69, 9.17) is 11.6 Å². The first-order chi connectivity index (χ1) is 6.97. The van der Waals surface area contributed by atoms with Crippen LogP contribution in [0, 0.1) is 0 Å². The van der Waals surface area contributed by atoms with Gasteiger partial charge in [0, 0.05) is 12.7 Å². The topological polar surface area (TPSA) is 79.0 Å². The van der Waals surface area contributed by atoms with Gasteiger partial charge in [-0.15, -0.1) is 0 Å². The zero-order valence-electron chi connectivity index (χ0n) is 8.08. The van der Waals surface area contributed by atoms with Crippen molar-refractivity contribution in [3.05, 3.63) is 27.6 Å². The number of sulfonamides is 1. The number of pyridine rings is 1. The average molecular weight is 251 g/mol. The Kier molecular flexibility index (Phi) is 3.90. The van der Waals surface area contributed by atoms with Crippen molar-refractivity contribution in [2.24, 2.45) is 0 Å². The van der Waals surface area contributed by atoms with Crippen LogP contribution in [0.15, 0.2) is 22.0 Å². The maximum Gasteiger partial charge on any atom is 0.266 e. The number of rotatable bonds is 4. The molecule has 1 rings (SSSR count). The molecule has 1 heterocycles. The molecule has 0 spiro atoms. The molecule has 0 saturated carbocycles. The van der Waals surface area contributed by atoms with Crippen molar-refractivity contribution in [3.63, 3.8) is 0 Å². The van der Waals surface area contributed by atoms with Crippen molar-refractivity contribution < 1.29 is 8.42 Å². The van der Waals surface area contributed by atoms with Crippen LogP contribution in [0.1, 0.15) is 13.3 Å². The molecule has 2 N–H and O–H groups in total. The largest absolute Gasteiger partial charge is 0.326 e. The summed E-state index contributed by atoms with van der Waals surface area (Å²) >= 11 is 5.52. The lowest BCUT2D eigenvalue weighted by atomic mass is 10.5. The molecule has 0 radical (unpaired) electrons. The minimum absolute atomic E-state index is 0.0412. The van der Waals surface area contributed by atoms with Gasteiger partial charge < -0.3 is 4.98 Å². The number of halogens is 1. The maximum absolute atomic E-state index is 11.6. The predicted molar refractivity (Wildman–Crippen MR) is 57.6 cm³/mol. The second kappa shape index (κ2) is 4.78. The van der Waals surface area contributed by atoms with Crippen molar-refractivity contribution in [3.8, 4) is 0 Å². The van der Waals surface area contributed by atoms with Crippen LogP contribution in [0.2, 0.25) is 5.02 Å². The summed E-state index contributed by atoms with van der Waals surface area (Å²) < 4.78 is 25.5. The molecular weight excluding hydrogens is 240 g/mol. The lowest BCUT2D eigenvalue weighted by Gasteiger charge is -2.04. The van der Waals surface area contributed by atoms with E-state index in [2.05, 4.69) is 9.71 Å². The van der Waals surface area contributed by atoms with E-state index >= 15 is 0 Å². The highest BCUT2D eigenvalue weighted by Crippen LogP contribution is 2.09. The fourth-order valence-corrected chi connectivity index (χ4v) is 2.28. The Balaban J connectivity index is 3.06. The Bertz CT molecular complexity index is 495. The zero-order valence-corrected chi connectivity index (χ0v) is 9.65. The smallest absolute Gasteiger partial charge is 0.266 e. The average Bonchev–Trinajstić information content (AvgIpc) is 2.19. The molecule has 0 atom stereocenters. The lowest BCUT2D eigenvalue weighted by molar-refractivity contribution is 0.580. The molecule has 0 aliphatic rings. The molecule has 1 aromatic heterocycles. The van der Waals surface area contributed by atoms with Crippen LogP contribution < -0.4 is 10.3 Å². The fraction of sp³-hybridized carbons (Fsp3) is 0.375. The van der Waals surface area contributed by atoms with Crippen LogP contribution in [-0.4, -0.2) is 19.9 Å². The Morgan fingerprint density at radius 1 is 1.53 bits per heavy atom. The van der Waals surface area contributed by atoms with E-state index in [0.29, 0.717) is 13.0 Å². The molecule has 84 valence electrons. The van der Waals surface area contributed by atoms with Crippen LogP contribution in [0.5, 0.6) is 0 Å². The van der Waals surface area contributed by atoms with Crippen molar-refractivity contribution in [1.82, 2.24) is 9.71 Å². The van der Waals surface area contributed by atoms with Gasteiger partial charge in [-0.25, -0.2) is 13.1 Å². The number of nitrogens with one attached hydrogen (secondary N) is 2. The molecule has 0 bridgehead atoms. The monoisotopic (exact) mass is 250 g/mol. The Morgan fingerprint density at radius 2 is 2.20 bits per heavy atom. The predicted octanol–water partition coefficient (Wildman–Crippen LogP) is 0.717. The van der Waals surface area contributed by atoms with Crippen LogP contribution in [0.4, 0.5) is 0 Å². The SMILES string of the molecule is CCCNS(=O)(=O)c1c[nH]c(=O)c(Cl)c1. The Hall–Kier alpha value is -0.850. The molecule has 0 aliphatic carbocycles. The third-order valence-corrected chi connectivity index (χ3v) is 3.41.